The van der Waals surface area contributed by atoms with Crippen molar-refractivity contribution in [3.8, 4) is 23.0 Å². The summed E-state index contributed by atoms with van der Waals surface area (Å²) < 4.78 is 10.5. The number of ether oxygens (including phenoxy) is 2. The number of phenols is 2. The summed E-state index contributed by atoms with van der Waals surface area (Å²) in [5, 5.41) is 20.3. The first-order valence-electron chi connectivity index (χ1n) is 8.05. The monoisotopic (exact) mass is 327 g/mol. The molecule has 2 bridgehead atoms. The van der Waals surface area contributed by atoms with Crippen LogP contribution in [0.1, 0.15) is 34.3 Å². The molecule has 2 aliphatic heterocycles. The average Bonchev–Trinajstić information content (AvgIpc) is 2.56. The second-order valence-corrected chi connectivity index (χ2v) is 6.55. The van der Waals surface area contributed by atoms with E-state index in [9.17, 15) is 10.2 Å². The molecular weight excluding hydrogens is 306 g/mol. The van der Waals surface area contributed by atoms with Gasteiger partial charge < -0.3 is 19.7 Å². The summed E-state index contributed by atoms with van der Waals surface area (Å²) in [6.45, 7) is 0. The molecule has 0 saturated heterocycles. The molecule has 0 saturated carbocycles. The molecule has 0 amide bonds. The van der Waals surface area contributed by atoms with Gasteiger partial charge in [-0.1, -0.05) is 0 Å². The Morgan fingerprint density at radius 3 is 1.96 bits per heavy atom. The van der Waals surface area contributed by atoms with Crippen molar-refractivity contribution in [1.82, 2.24) is 4.90 Å². The molecule has 24 heavy (non-hydrogen) atoms. The number of phenolic OH excluding ortho intramolecular Hbond substituents is 2. The largest absolute Gasteiger partial charge is 0.504 e. The van der Waals surface area contributed by atoms with Crippen LogP contribution in [-0.2, 0) is 12.8 Å². The van der Waals surface area contributed by atoms with Crippen LogP contribution in [0.4, 0.5) is 0 Å². The first-order chi connectivity index (χ1) is 11.5. The summed E-state index contributed by atoms with van der Waals surface area (Å²) in [5.41, 5.74) is 4.67. The molecule has 0 aromatic heterocycles. The van der Waals surface area contributed by atoms with E-state index in [0.29, 0.717) is 11.5 Å². The molecule has 2 aliphatic rings. The molecule has 126 valence electrons. The summed E-state index contributed by atoms with van der Waals surface area (Å²) in [7, 11) is 5.25. The van der Waals surface area contributed by atoms with Crippen molar-refractivity contribution in [1.29, 1.82) is 0 Å². The normalized spacial score (nSPS) is 21.8. The number of hydrogen-bond donors (Lipinski definition) is 2. The van der Waals surface area contributed by atoms with Crippen molar-refractivity contribution >= 4 is 0 Å². The van der Waals surface area contributed by atoms with Gasteiger partial charge in [0.05, 0.1) is 14.2 Å². The van der Waals surface area contributed by atoms with Crippen LogP contribution >= 0.6 is 0 Å². The predicted octanol–water partition coefficient (Wildman–Crippen LogP) is 2.94. The highest BCUT2D eigenvalue weighted by Crippen LogP contribution is 2.50. The smallest absolute Gasteiger partial charge is 0.160 e. The van der Waals surface area contributed by atoms with Gasteiger partial charge in [-0.05, 0) is 66.4 Å². The second kappa shape index (κ2) is 5.31. The van der Waals surface area contributed by atoms with E-state index in [-0.39, 0.29) is 23.6 Å². The van der Waals surface area contributed by atoms with Gasteiger partial charge in [0.15, 0.2) is 23.0 Å². The standard InChI is InChI=1S/C19H21NO4/c1-20-14-4-10-6-16(21)19(24-3)9-13(10)15(20)5-11-7-18(23-2)17(22)8-12(11)14/h6-9,14-15,21-22H,4-5H2,1-3H3/t14-,15-/m1/s1. The Morgan fingerprint density at radius 2 is 1.33 bits per heavy atom. The molecule has 2 atom stereocenters. The van der Waals surface area contributed by atoms with Crippen LogP contribution in [-0.4, -0.2) is 36.4 Å². The number of benzene rings is 2. The fourth-order valence-corrected chi connectivity index (χ4v) is 4.14. The molecule has 5 nitrogen and oxygen atoms in total. The van der Waals surface area contributed by atoms with E-state index >= 15 is 0 Å². The maximum atomic E-state index is 10.2. The number of likely N-dealkylation sites (N-methyl/N-ethyl adjacent to an activating group) is 1. The summed E-state index contributed by atoms with van der Waals surface area (Å²) in [5.74, 6) is 1.37. The fourth-order valence-electron chi connectivity index (χ4n) is 4.14. The highest BCUT2D eigenvalue weighted by Gasteiger charge is 2.39. The van der Waals surface area contributed by atoms with Crippen molar-refractivity contribution in [2.24, 2.45) is 0 Å². The van der Waals surface area contributed by atoms with Crippen LogP contribution < -0.4 is 9.47 Å². The number of hydrogen-bond acceptors (Lipinski definition) is 5. The van der Waals surface area contributed by atoms with Crippen LogP contribution in [0, 0.1) is 0 Å². The first kappa shape index (κ1) is 15.1. The molecule has 2 N–H and O–H groups in total. The number of fused-ring (bicyclic) bond motifs is 6. The van der Waals surface area contributed by atoms with Crippen LogP contribution in [0.25, 0.3) is 0 Å². The van der Waals surface area contributed by atoms with E-state index < -0.39 is 0 Å². The first-order valence-corrected chi connectivity index (χ1v) is 8.05. The Hall–Kier alpha value is -2.40. The highest BCUT2D eigenvalue weighted by atomic mass is 16.5. The van der Waals surface area contributed by atoms with Crippen molar-refractivity contribution in [2.45, 2.75) is 24.9 Å². The molecule has 4 rings (SSSR count). The average molecular weight is 327 g/mol. The molecule has 2 aromatic carbocycles. The lowest BCUT2D eigenvalue weighted by Crippen LogP contribution is -2.40. The molecule has 0 radical (unpaired) electrons. The zero-order chi connectivity index (χ0) is 17.0. The molecule has 0 fully saturated rings. The van der Waals surface area contributed by atoms with Crippen LogP contribution in [0.15, 0.2) is 24.3 Å². The molecule has 5 heteroatoms. The minimum absolute atomic E-state index is 0.173. The highest BCUT2D eigenvalue weighted by molar-refractivity contribution is 5.54. The van der Waals surface area contributed by atoms with Crippen molar-refractivity contribution in [3.63, 3.8) is 0 Å². The summed E-state index contributed by atoms with van der Waals surface area (Å²) in [6.07, 6.45) is 1.62. The van der Waals surface area contributed by atoms with E-state index in [1.54, 1.807) is 14.2 Å². The van der Waals surface area contributed by atoms with Gasteiger partial charge in [0, 0.05) is 12.1 Å². The minimum atomic E-state index is 0.173. The molecule has 0 unspecified atom stereocenters. The van der Waals surface area contributed by atoms with Gasteiger partial charge in [-0.2, -0.15) is 0 Å². The number of nitrogens with zero attached hydrogens (tertiary/aromatic N) is 1. The van der Waals surface area contributed by atoms with Gasteiger partial charge in [-0.3, -0.25) is 4.90 Å². The van der Waals surface area contributed by atoms with Crippen molar-refractivity contribution in [2.75, 3.05) is 21.3 Å². The Kier molecular flexibility index (Phi) is 3.35. The molecular formula is C19H21NO4. The van der Waals surface area contributed by atoms with E-state index in [1.807, 2.05) is 24.3 Å². The second-order valence-electron chi connectivity index (χ2n) is 6.55. The Balaban J connectivity index is 1.85. The van der Waals surface area contributed by atoms with Gasteiger partial charge in [0.1, 0.15) is 0 Å². The zero-order valence-electron chi connectivity index (χ0n) is 14.0. The lowest BCUT2D eigenvalue weighted by Gasteiger charge is -2.46. The van der Waals surface area contributed by atoms with E-state index in [0.717, 1.165) is 24.0 Å². The summed E-state index contributed by atoms with van der Waals surface area (Å²) in [4.78, 5) is 2.34. The van der Waals surface area contributed by atoms with E-state index in [2.05, 4.69) is 11.9 Å². The van der Waals surface area contributed by atoms with Crippen LogP contribution in [0.2, 0.25) is 0 Å². The maximum Gasteiger partial charge on any atom is 0.160 e. The number of methoxy groups -OCH3 is 2. The lowest BCUT2D eigenvalue weighted by molar-refractivity contribution is 0.137. The van der Waals surface area contributed by atoms with Gasteiger partial charge >= 0.3 is 0 Å². The minimum Gasteiger partial charge on any atom is -0.504 e. The van der Waals surface area contributed by atoms with E-state index in [1.165, 1.54) is 11.1 Å². The summed E-state index contributed by atoms with van der Waals surface area (Å²) in [6, 6.07) is 7.92. The lowest BCUT2D eigenvalue weighted by atomic mass is 9.76. The number of aromatic hydroxyl groups is 2. The fraction of sp³-hybridized carbons (Fsp3) is 0.368. The molecule has 2 aromatic rings. The third-order valence-electron chi connectivity index (χ3n) is 5.41. The number of rotatable bonds is 2. The summed E-state index contributed by atoms with van der Waals surface area (Å²) >= 11 is 0. The third kappa shape index (κ3) is 2.04. The molecule has 0 aliphatic carbocycles. The Labute approximate surface area is 141 Å². The van der Waals surface area contributed by atoms with Crippen molar-refractivity contribution < 1.29 is 19.7 Å². The SMILES string of the molecule is COc1cc2c(cc1O)[C@H]1Cc3cc(O)c(OC)cc3[C@@H](C2)N1C. The van der Waals surface area contributed by atoms with Gasteiger partial charge in [0.2, 0.25) is 0 Å². The van der Waals surface area contributed by atoms with Gasteiger partial charge in [0.25, 0.3) is 0 Å². The van der Waals surface area contributed by atoms with Crippen LogP contribution in [0.3, 0.4) is 0 Å². The Bertz CT molecular complexity index is 817. The van der Waals surface area contributed by atoms with E-state index in [4.69, 9.17) is 9.47 Å². The quantitative estimate of drug-likeness (QED) is 0.888. The third-order valence-corrected chi connectivity index (χ3v) is 5.41. The maximum absolute atomic E-state index is 10.2. The molecule has 0 spiro atoms. The predicted molar refractivity (Wildman–Crippen MR) is 90.0 cm³/mol. The van der Waals surface area contributed by atoms with Crippen LogP contribution in [0.5, 0.6) is 23.0 Å². The zero-order valence-corrected chi connectivity index (χ0v) is 14.0. The van der Waals surface area contributed by atoms with Gasteiger partial charge in [-0.15, -0.1) is 0 Å². The van der Waals surface area contributed by atoms with Crippen molar-refractivity contribution in [3.05, 3.63) is 46.5 Å². The molecule has 2 heterocycles. The van der Waals surface area contributed by atoms with Gasteiger partial charge in [-0.25, -0.2) is 0 Å². The Morgan fingerprint density at radius 1 is 0.833 bits per heavy atom. The topological polar surface area (TPSA) is 62.2 Å².